The first-order valence-corrected chi connectivity index (χ1v) is 5.40. The van der Waals surface area contributed by atoms with Crippen LogP contribution < -0.4 is 4.90 Å². The van der Waals surface area contributed by atoms with Gasteiger partial charge >= 0.3 is 0 Å². The summed E-state index contributed by atoms with van der Waals surface area (Å²) < 4.78 is 5.35. The van der Waals surface area contributed by atoms with Gasteiger partial charge in [0, 0.05) is 13.7 Å². The predicted octanol–water partition coefficient (Wildman–Crippen LogP) is 1.49. The SMILES string of the molecule is Cc1ccc(N(C)C2CCOC2)nc1C#N. The smallest absolute Gasteiger partial charge is 0.145 e. The Morgan fingerprint density at radius 2 is 2.38 bits per heavy atom. The van der Waals surface area contributed by atoms with Gasteiger partial charge in [-0.3, -0.25) is 0 Å². The Labute approximate surface area is 95.5 Å². The molecular weight excluding hydrogens is 202 g/mol. The number of hydrogen-bond donors (Lipinski definition) is 0. The Balaban J connectivity index is 2.23. The Hall–Kier alpha value is -1.60. The van der Waals surface area contributed by atoms with Crippen molar-refractivity contribution in [3.8, 4) is 6.07 Å². The standard InChI is InChI=1S/C12H15N3O/c1-9-3-4-12(14-11(9)7-13)15(2)10-5-6-16-8-10/h3-4,10H,5-6,8H2,1-2H3. The van der Waals surface area contributed by atoms with Crippen LogP contribution >= 0.6 is 0 Å². The zero-order valence-electron chi connectivity index (χ0n) is 9.60. The number of ether oxygens (including phenoxy) is 1. The van der Waals surface area contributed by atoms with Crippen LogP contribution in [0.25, 0.3) is 0 Å². The maximum atomic E-state index is 8.93. The van der Waals surface area contributed by atoms with Gasteiger partial charge in [0.05, 0.1) is 12.6 Å². The largest absolute Gasteiger partial charge is 0.379 e. The van der Waals surface area contributed by atoms with Gasteiger partial charge in [0.1, 0.15) is 17.6 Å². The Bertz CT molecular complexity index is 419. The third-order valence-corrected chi connectivity index (χ3v) is 3.00. The fourth-order valence-electron chi connectivity index (χ4n) is 1.84. The summed E-state index contributed by atoms with van der Waals surface area (Å²) in [5, 5.41) is 8.93. The number of aromatic nitrogens is 1. The van der Waals surface area contributed by atoms with Crippen molar-refractivity contribution in [2.24, 2.45) is 0 Å². The second-order valence-electron chi connectivity index (χ2n) is 4.08. The molecule has 4 nitrogen and oxygen atoms in total. The first kappa shape index (κ1) is 10.9. The molecule has 2 heterocycles. The third kappa shape index (κ3) is 2.00. The van der Waals surface area contributed by atoms with E-state index in [1.54, 1.807) is 0 Å². The molecule has 1 saturated heterocycles. The molecule has 0 radical (unpaired) electrons. The minimum atomic E-state index is 0.377. The van der Waals surface area contributed by atoms with E-state index in [0.717, 1.165) is 31.0 Å². The van der Waals surface area contributed by atoms with Crippen LogP contribution in [-0.4, -0.2) is 31.3 Å². The first-order chi connectivity index (χ1) is 7.72. The summed E-state index contributed by atoms with van der Waals surface area (Å²) in [7, 11) is 2.00. The fraction of sp³-hybridized carbons (Fsp3) is 0.500. The molecule has 84 valence electrons. The van der Waals surface area contributed by atoms with Crippen molar-refractivity contribution < 1.29 is 4.74 Å². The average molecular weight is 217 g/mol. The van der Waals surface area contributed by atoms with Gasteiger partial charge < -0.3 is 9.64 Å². The van der Waals surface area contributed by atoms with E-state index in [0.29, 0.717) is 11.7 Å². The molecule has 0 saturated carbocycles. The van der Waals surface area contributed by atoms with Crippen molar-refractivity contribution in [1.82, 2.24) is 4.98 Å². The van der Waals surface area contributed by atoms with Crippen molar-refractivity contribution >= 4 is 5.82 Å². The van der Waals surface area contributed by atoms with Crippen molar-refractivity contribution in [2.45, 2.75) is 19.4 Å². The highest BCUT2D eigenvalue weighted by molar-refractivity contribution is 5.45. The van der Waals surface area contributed by atoms with Crippen molar-refractivity contribution in [3.05, 3.63) is 23.4 Å². The van der Waals surface area contributed by atoms with Gasteiger partial charge in [0.15, 0.2) is 0 Å². The lowest BCUT2D eigenvalue weighted by atomic mass is 10.2. The summed E-state index contributed by atoms with van der Waals surface area (Å²) in [4.78, 5) is 6.44. The molecule has 2 rings (SSSR count). The second-order valence-corrected chi connectivity index (χ2v) is 4.08. The molecule has 1 aromatic heterocycles. The highest BCUT2D eigenvalue weighted by atomic mass is 16.5. The number of rotatable bonds is 2. The Kier molecular flexibility index (Phi) is 3.07. The number of nitriles is 1. The van der Waals surface area contributed by atoms with Gasteiger partial charge in [-0.05, 0) is 25.0 Å². The van der Waals surface area contributed by atoms with Crippen LogP contribution in [0.15, 0.2) is 12.1 Å². The molecule has 0 spiro atoms. The van der Waals surface area contributed by atoms with Crippen molar-refractivity contribution in [2.75, 3.05) is 25.2 Å². The summed E-state index contributed by atoms with van der Waals surface area (Å²) in [5.41, 5.74) is 1.42. The quantitative estimate of drug-likeness (QED) is 0.753. The maximum Gasteiger partial charge on any atom is 0.145 e. The van der Waals surface area contributed by atoms with E-state index in [-0.39, 0.29) is 0 Å². The number of pyridine rings is 1. The third-order valence-electron chi connectivity index (χ3n) is 3.00. The molecule has 1 aromatic rings. The van der Waals surface area contributed by atoms with Gasteiger partial charge in [-0.2, -0.15) is 5.26 Å². The number of aryl methyl sites for hydroxylation is 1. The molecule has 0 amide bonds. The molecule has 0 aromatic carbocycles. The van der Waals surface area contributed by atoms with Crippen LogP contribution in [0.3, 0.4) is 0 Å². The summed E-state index contributed by atoms with van der Waals surface area (Å²) in [6, 6.07) is 6.38. The van der Waals surface area contributed by atoms with Gasteiger partial charge in [-0.25, -0.2) is 4.98 Å². The summed E-state index contributed by atoms with van der Waals surface area (Å²) in [6.45, 7) is 3.45. The highest BCUT2D eigenvalue weighted by Crippen LogP contribution is 2.19. The molecule has 0 N–H and O–H groups in total. The fourth-order valence-corrected chi connectivity index (χ4v) is 1.84. The number of hydrogen-bond acceptors (Lipinski definition) is 4. The molecule has 0 aliphatic carbocycles. The van der Waals surface area contributed by atoms with E-state index in [2.05, 4.69) is 16.0 Å². The number of nitrogens with zero attached hydrogens (tertiary/aromatic N) is 3. The van der Waals surface area contributed by atoms with Gasteiger partial charge in [0.25, 0.3) is 0 Å². The van der Waals surface area contributed by atoms with Crippen LogP contribution in [0.1, 0.15) is 17.7 Å². The molecule has 1 aliphatic rings. The van der Waals surface area contributed by atoms with Crippen LogP contribution in [0, 0.1) is 18.3 Å². The molecule has 1 fully saturated rings. The second kappa shape index (κ2) is 4.50. The van der Waals surface area contributed by atoms with Gasteiger partial charge in [-0.1, -0.05) is 6.07 Å². The predicted molar refractivity (Wildman–Crippen MR) is 61.3 cm³/mol. The normalized spacial score (nSPS) is 19.4. The number of anilines is 1. The van der Waals surface area contributed by atoms with E-state index < -0.39 is 0 Å². The summed E-state index contributed by atoms with van der Waals surface area (Å²) >= 11 is 0. The van der Waals surface area contributed by atoms with Crippen LogP contribution in [0.4, 0.5) is 5.82 Å². The van der Waals surface area contributed by atoms with Crippen molar-refractivity contribution in [1.29, 1.82) is 5.26 Å². The molecule has 1 aliphatic heterocycles. The van der Waals surface area contributed by atoms with Gasteiger partial charge in [-0.15, -0.1) is 0 Å². The van der Waals surface area contributed by atoms with Crippen molar-refractivity contribution in [3.63, 3.8) is 0 Å². The van der Waals surface area contributed by atoms with E-state index in [1.165, 1.54) is 0 Å². The molecule has 0 bridgehead atoms. The molecule has 1 unspecified atom stereocenters. The zero-order chi connectivity index (χ0) is 11.5. The topological polar surface area (TPSA) is 49.1 Å². The molecule has 1 atom stereocenters. The van der Waals surface area contributed by atoms with E-state index >= 15 is 0 Å². The summed E-state index contributed by atoms with van der Waals surface area (Å²) in [6.07, 6.45) is 1.02. The maximum absolute atomic E-state index is 8.93. The monoisotopic (exact) mass is 217 g/mol. The molecule has 16 heavy (non-hydrogen) atoms. The van der Waals surface area contributed by atoms with Crippen LogP contribution in [-0.2, 0) is 4.74 Å². The minimum absolute atomic E-state index is 0.377. The summed E-state index contributed by atoms with van der Waals surface area (Å²) in [5.74, 6) is 0.845. The van der Waals surface area contributed by atoms with E-state index in [4.69, 9.17) is 10.00 Å². The average Bonchev–Trinajstić information content (AvgIpc) is 2.82. The lowest BCUT2D eigenvalue weighted by molar-refractivity contribution is 0.193. The minimum Gasteiger partial charge on any atom is -0.379 e. The van der Waals surface area contributed by atoms with Crippen LogP contribution in [0.2, 0.25) is 0 Å². The zero-order valence-corrected chi connectivity index (χ0v) is 9.60. The first-order valence-electron chi connectivity index (χ1n) is 5.40. The molecule has 4 heteroatoms. The lowest BCUT2D eigenvalue weighted by Crippen LogP contribution is -2.32. The highest BCUT2D eigenvalue weighted by Gasteiger charge is 2.21. The van der Waals surface area contributed by atoms with Crippen LogP contribution in [0.5, 0.6) is 0 Å². The number of likely N-dealkylation sites (N-methyl/N-ethyl adjacent to an activating group) is 1. The Morgan fingerprint density at radius 3 is 3.00 bits per heavy atom. The Morgan fingerprint density at radius 1 is 1.56 bits per heavy atom. The lowest BCUT2D eigenvalue weighted by Gasteiger charge is -2.24. The van der Waals surface area contributed by atoms with E-state index in [9.17, 15) is 0 Å². The van der Waals surface area contributed by atoms with Gasteiger partial charge in [0.2, 0.25) is 0 Å². The van der Waals surface area contributed by atoms with E-state index in [1.807, 2.05) is 26.1 Å². The molecular formula is C12H15N3O.